The summed E-state index contributed by atoms with van der Waals surface area (Å²) >= 11 is 0. The molecule has 0 spiro atoms. The first kappa shape index (κ1) is 9.98. The van der Waals surface area contributed by atoms with Crippen LogP contribution in [0.25, 0.3) is 0 Å². The van der Waals surface area contributed by atoms with Crippen molar-refractivity contribution in [3.8, 4) is 5.75 Å². The van der Waals surface area contributed by atoms with E-state index in [1.54, 1.807) is 19.2 Å². The Kier molecular flexibility index (Phi) is 3.70. The number of aliphatic hydroxyl groups is 1. The van der Waals surface area contributed by atoms with E-state index >= 15 is 0 Å². The number of benzene rings is 1. The highest BCUT2D eigenvalue weighted by molar-refractivity contribution is 5.26. The van der Waals surface area contributed by atoms with E-state index in [1.165, 1.54) is 12.1 Å². The van der Waals surface area contributed by atoms with Gasteiger partial charge in [0, 0.05) is 5.56 Å². The highest BCUT2D eigenvalue weighted by Gasteiger charge is 2.05. The fourth-order valence-electron chi connectivity index (χ4n) is 0.897. The third-order valence-corrected chi connectivity index (χ3v) is 1.56. The lowest BCUT2D eigenvalue weighted by Crippen LogP contribution is -2.15. The van der Waals surface area contributed by atoms with Crippen LogP contribution in [0, 0.1) is 0 Å². The van der Waals surface area contributed by atoms with Gasteiger partial charge >= 0.3 is 0 Å². The molecular formula is C9H13NO3. The van der Waals surface area contributed by atoms with Gasteiger partial charge in [0.2, 0.25) is 0 Å². The average molecular weight is 183 g/mol. The van der Waals surface area contributed by atoms with Crippen molar-refractivity contribution in [3.05, 3.63) is 29.8 Å². The molecule has 0 radical (unpaired) electrons. The Morgan fingerprint density at radius 1 is 1.38 bits per heavy atom. The van der Waals surface area contributed by atoms with Gasteiger partial charge < -0.3 is 14.9 Å². The number of aliphatic hydroxyl groups excluding tert-OH is 1. The van der Waals surface area contributed by atoms with Crippen LogP contribution in [0.2, 0.25) is 0 Å². The Bertz CT molecular complexity index is 248. The van der Waals surface area contributed by atoms with Gasteiger partial charge in [0.25, 0.3) is 0 Å². The zero-order valence-electron chi connectivity index (χ0n) is 7.40. The topological polar surface area (TPSA) is 61.7 Å². The van der Waals surface area contributed by atoms with Crippen LogP contribution in [0.1, 0.15) is 11.9 Å². The van der Waals surface area contributed by atoms with Crippen molar-refractivity contribution in [1.82, 2.24) is 5.32 Å². The Hall–Kier alpha value is -1.10. The van der Waals surface area contributed by atoms with Crippen LogP contribution < -0.4 is 5.32 Å². The molecule has 0 aromatic heterocycles. The van der Waals surface area contributed by atoms with Gasteiger partial charge in [-0.3, -0.25) is 5.32 Å². The minimum atomic E-state index is -0.951. The van der Waals surface area contributed by atoms with Gasteiger partial charge in [-0.25, -0.2) is 0 Å². The maximum Gasteiger partial charge on any atom is 0.182 e. The summed E-state index contributed by atoms with van der Waals surface area (Å²) in [7, 11) is 1.73. The summed E-state index contributed by atoms with van der Waals surface area (Å²) in [5.74, 6) is 0.171. The zero-order chi connectivity index (χ0) is 9.68. The number of hydrogen-bond donors (Lipinski definition) is 3. The van der Waals surface area contributed by atoms with Crippen LogP contribution in [0.5, 0.6) is 5.75 Å². The van der Waals surface area contributed by atoms with Gasteiger partial charge in [-0.05, 0) is 19.2 Å². The van der Waals surface area contributed by atoms with Gasteiger partial charge in [-0.2, -0.15) is 0 Å². The first-order valence-electron chi connectivity index (χ1n) is 3.97. The molecule has 3 N–H and O–H groups in total. The van der Waals surface area contributed by atoms with Crippen molar-refractivity contribution in [2.24, 2.45) is 0 Å². The van der Waals surface area contributed by atoms with Crippen molar-refractivity contribution in [1.29, 1.82) is 0 Å². The minimum absolute atomic E-state index is 0.171. The lowest BCUT2D eigenvalue weighted by atomic mass is 10.2. The van der Waals surface area contributed by atoms with E-state index < -0.39 is 6.29 Å². The van der Waals surface area contributed by atoms with Crippen LogP contribution in [-0.2, 0) is 4.74 Å². The van der Waals surface area contributed by atoms with Crippen molar-refractivity contribution in [2.75, 3.05) is 13.8 Å². The van der Waals surface area contributed by atoms with E-state index in [0.29, 0.717) is 5.56 Å². The number of rotatable bonds is 4. The Labute approximate surface area is 76.8 Å². The molecule has 0 aliphatic heterocycles. The summed E-state index contributed by atoms with van der Waals surface area (Å²) in [6.07, 6.45) is -0.951. The van der Waals surface area contributed by atoms with E-state index in [2.05, 4.69) is 5.32 Å². The summed E-state index contributed by atoms with van der Waals surface area (Å²) in [5.41, 5.74) is 0.619. The number of phenolic OH excluding ortho intramolecular Hbond substituents is 1. The Balaban J connectivity index is 2.55. The van der Waals surface area contributed by atoms with Gasteiger partial charge in [-0.15, -0.1) is 0 Å². The molecule has 4 nitrogen and oxygen atoms in total. The zero-order valence-corrected chi connectivity index (χ0v) is 7.40. The Morgan fingerprint density at radius 3 is 2.54 bits per heavy atom. The molecule has 13 heavy (non-hydrogen) atoms. The van der Waals surface area contributed by atoms with Crippen LogP contribution >= 0.6 is 0 Å². The predicted molar refractivity (Wildman–Crippen MR) is 48.1 cm³/mol. The van der Waals surface area contributed by atoms with Gasteiger partial charge in [-0.1, -0.05) is 12.1 Å². The molecule has 1 rings (SSSR count). The van der Waals surface area contributed by atoms with Gasteiger partial charge in [0.05, 0.1) is 6.73 Å². The third-order valence-electron chi connectivity index (χ3n) is 1.56. The van der Waals surface area contributed by atoms with Crippen molar-refractivity contribution >= 4 is 0 Å². The molecule has 4 heteroatoms. The largest absolute Gasteiger partial charge is 0.508 e. The first-order chi connectivity index (χ1) is 6.24. The predicted octanol–water partition coefficient (Wildman–Crippen LogP) is 0.577. The fraction of sp³-hybridized carbons (Fsp3) is 0.333. The number of aromatic hydroxyl groups is 1. The second-order valence-electron chi connectivity index (χ2n) is 2.61. The SMILES string of the molecule is CNCOC(O)c1ccc(O)cc1. The lowest BCUT2D eigenvalue weighted by Gasteiger charge is -2.11. The number of ether oxygens (including phenoxy) is 1. The number of nitrogens with one attached hydrogen (secondary N) is 1. The molecule has 0 saturated heterocycles. The molecule has 0 saturated carbocycles. The van der Waals surface area contributed by atoms with E-state index in [-0.39, 0.29) is 12.5 Å². The molecular weight excluding hydrogens is 170 g/mol. The third kappa shape index (κ3) is 3.02. The summed E-state index contributed by atoms with van der Waals surface area (Å²) in [6, 6.07) is 6.22. The average Bonchev–Trinajstić information content (AvgIpc) is 2.15. The number of phenols is 1. The maximum atomic E-state index is 9.40. The summed E-state index contributed by atoms with van der Waals surface area (Å²) in [6.45, 7) is 0.280. The molecule has 0 bridgehead atoms. The molecule has 1 aromatic carbocycles. The monoisotopic (exact) mass is 183 g/mol. The van der Waals surface area contributed by atoms with Crippen LogP contribution in [0.15, 0.2) is 24.3 Å². The molecule has 1 atom stereocenters. The highest BCUT2D eigenvalue weighted by Crippen LogP contribution is 2.16. The van der Waals surface area contributed by atoms with E-state index in [9.17, 15) is 5.11 Å². The second-order valence-corrected chi connectivity index (χ2v) is 2.61. The summed E-state index contributed by atoms with van der Waals surface area (Å²) in [5, 5.41) is 21.1. The van der Waals surface area contributed by atoms with Crippen molar-refractivity contribution in [2.45, 2.75) is 6.29 Å². The highest BCUT2D eigenvalue weighted by atomic mass is 16.6. The molecule has 1 unspecified atom stereocenters. The smallest absolute Gasteiger partial charge is 0.182 e. The van der Waals surface area contributed by atoms with E-state index in [4.69, 9.17) is 9.84 Å². The fourth-order valence-corrected chi connectivity index (χ4v) is 0.897. The standard InChI is InChI=1S/C9H13NO3/c1-10-6-13-9(12)7-2-4-8(11)5-3-7/h2-5,9-12H,6H2,1H3. The Morgan fingerprint density at radius 2 is 2.00 bits per heavy atom. The van der Waals surface area contributed by atoms with Crippen molar-refractivity contribution in [3.63, 3.8) is 0 Å². The molecule has 0 aliphatic rings. The quantitative estimate of drug-likeness (QED) is 0.597. The van der Waals surface area contributed by atoms with Crippen LogP contribution in [0.4, 0.5) is 0 Å². The lowest BCUT2D eigenvalue weighted by molar-refractivity contribution is -0.107. The molecule has 0 fully saturated rings. The normalized spacial score (nSPS) is 12.8. The van der Waals surface area contributed by atoms with Gasteiger partial charge in [0.15, 0.2) is 6.29 Å². The minimum Gasteiger partial charge on any atom is -0.508 e. The maximum absolute atomic E-state index is 9.40. The van der Waals surface area contributed by atoms with Crippen LogP contribution in [-0.4, -0.2) is 24.0 Å². The van der Waals surface area contributed by atoms with Gasteiger partial charge in [0.1, 0.15) is 5.75 Å². The molecule has 0 aliphatic carbocycles. The first-order valence-corrected chi connectivity index (χ1v) is 3.97. The van der Waals surface area contributed by atoms with E-state index in [1.807, 2.05) is 0 Å². The summed E-state index contributed by atoms with van der Waals surface area (Å²) < 4.78 is 4.98. The van der Waals surface area contributed by atoms with Crippen LogP contribution in [0.3, 0.4) is 0 Å². The molecule has 72 valence electrons. The van der Waals surface area contributed by atoms with Crippen molar-refractivity contribution < 1.29 is 14.9 Å². The molecule has 1 aromatic rings. The molecule has 0 heterocycles. The molecule has 0 amide bonds. The van der Waals surface area contributed by atoms with E-state index in [0.717, 1.165) is 0 Å². The summed E-state index contributed by atoms with van der Waals surface area (Å²) in [4.78, 5) is 0. The number of hydrogen-bond acceptors (Lipinski definition) is 4. The second kappa shape index (κ2) is 4.81.